The lowest BCUT2D eigenvalue weighted by molar-refractivity contribution is -0.0396. The molecule has 0 N–H and O–H groups in total. The summed E-state index contributed by atoms with van der Waals surface area (Å²) in [6.07, 6.45) is 7.03. The predicted molar refractivity (Wildman–Crippen MR) is 78.4 cm³/mol. The van der Waals surface area contributed by atoms with Crippen molar-refractivity contribution in [2.75, 3.05) is 13.7 Å². The summed E-state index contributed by atoms with van der Waals surface area (Å²) in [5.41, 5.74) is 1.09. The van der Waals surface area contributed by atoms with Crippen molar-refractivity contribution in [1.82, 2.24) is 9.78 Å². The van der Waals surface area contributed by atoms with E-state index < -0.39 is 0 Å². The van der Waals surface area contributed by atoms with Gasteiger partial charge in [0.1, 0.15) is 18.6 Å². The molecule has 3 rings (SSSR count). The zero-order valence-electron chi connectivity index (χ0n) is 12.2. The van der Waals surface area contributed by atoms with Crippen LogP contribution in [0.3, 0.4) is 0 Å². The monoisotopic (exact) mass is 288 g/mol. The average molecular weight is 288 g/mol. The van der Waals surface area contributed by atoms with Crippen LogP contribution in [0, 0.1) is 0 Å². The maximum absolute atomic E-state index is 5.76. The zero-order chi connectivity index (χ0) is 14.5. The first kappa shape index (κ1) is 13.9. The molecule has 2 aromatic rings. The molecular formula is C16H20N2O3. The van der Waals surface area contributed by atoms with Crippen molar-refractivity contribution in [3.05, 3.63) is 42.2 Å². The van der Waals surface area contributed by atoms with E-state index in [4.69, 9.17) is 14.2 Å². The van der Waals surface area contributed by atoms with Gasteiger partial charge in [-0.1, -0.05) is 12.1 Å². The number of rotatable bonds is 5. The molecule has 0 aliphatic carbocycles. The normalized spacial score (nSPS) is 18.4. The molecule has 0 spiro atoms. The minimum atomic E-state index is 0.0529. The van der Waals surface area contributed by atoms with E-state index in [9.17, 15) is 0 Å². The summed E-state index contributed by atoms with van der Waals surface area (Å²) in [7, 11) is 1.66. The SMILES string of the molecule is COc1ccc(COc2cnn(C3CCCCO3)c2)cc1. The van der Waals surface area contributed by atoms with E-state index in [1.54, 1.807) is 13.3 Å². The first-order chi connectivity index (χ1) is 10.3. The molecule has 0 radical (unpaired) electrons. The standard InChI is InChI=1S/C16H20N2O3/c1-19-14-7-5-13(6-8-14)12-21-15-10-17-18(11-15)16-4-2-3-9-20-16/h5-8,10-11,16H,2-4,9,12H2,1H3. The highest BCUT2D eigenvalue weighted by Crippen LogP contribution is 2.24. The van der Waals surface area contributed by atoms with Crippen LogP contribution in [0.25, 0.3) is 0 Å². The number of hydrogen-bond acceptors (Lipinski definition) is 4. The van der Waals surface area contributed by atoms with E-state index in [0.717, 1.165) is 36.5 Å². The Kier molecular flexibility index (Phi) is 4.40. The van der Waals surface area contributed by atoms with E-state index in [2.05, 4.69) is 5.10 Å². The Morgan fingerprint density at radius 2 is 2.10 bits per heavy atom. The Hall–Kier alpha value is -2.01. The van der Waals surface area contributed by atoms with Gasteiger partial charge in [-0.15, -0.1) is 0 Å². The molecule has 5 nitrogen and oxygen atoms in total. The van der Waals surface area contributed by atoms with E-state index in [1.165, 1.54) is 6.42 Å². The molecule has 1 saturated heterocycles. The number of methoxy groups -OCH3 is 1. The number of aromatic nitrogens is 2. The van der Waals surface area contributed by atoms with Crippen molar-refractivity contribution >= 4 is 0 Å². The van der Waals surface area contributed by atoms with Crippen molar-refractivity contribution in [3.63, 3.8) is 0 Å². The minimum Gasteiger partial charge on any atom is -0.497 e. The largest absolute Gasteiger partial charge is 0.497 e. The molecule has 1 aliphatic rings. The van der Waals surface area contributed by atoms with Crippen molar-refractivity contribution < 1.29 is 14.2 Å². The molecule has 1 atom stereocenters. The van der Waals surface area contributed by atoms with Crippen LogP contribution in [0.4, 0.5) is 0 Å². The lowest BCUT2D eigenvalue weighted by Gasteiger charge is -2.22. The van der Waals surface area contributed by atoms with Crippen LogP contribution in [-0.4, -0.2) is 23.5 Å². The fourth-order valence-corrected chi connectivity index (χ4v) is 2.37. The second kappa shape index (κ2) is 6.63. The van der Waals surface area contributed by atoms with Crippen LogP contribution in [-0.2, 0) is 11.3 Å². The average Bonchev–Trinajstić information content (AvgIpc) is 3.03. The molecule has 0 amide bonds. The van der Waals surface area contributed by atoms with Crippen molar-refractivity contribution in [2.45, 2.75) is 32.1 Å². The lowest BCUT2D eigenvalue weighted by atomic mass is 10.2. The Morgan fingerprint density at radius 3 is 2.81 bits per heavy atom. The second-order valence-corrected chi connectivity index (χ2v) is 5.11. The van der Waals surface area contributed by atoms with Gasteiger partial charge in [0.25, 0.3) is 0 Å². The van der Waals surface area contributed by atoms with E-state index in [0.29, 0.717) is 6.61 Å². The van der Waals surface area contributed by atoms with Gasteiger partial charge in [0.05, 0.1) is 19.5 Å². The fraction of sp³-hybridized carbons (Fsp3) is 0.438. The highest BCUT2D eigenvalue weighted by Gasteiger charge is 2.16. The number of ether oxygens (including phenoxy) is 3. The van der Waals surface area contributed by atoms with E-state index in [-0.39, 0.29) is 6.23 Å². The Morgan fingerprint density at radius 1 is 1.24 bits per heavy atom. The quantitative estimate of drug-likeness (QED) is 0.847. The van der Waals surface area contributed by atoms with Crippen LogP contribution in [0.1, 0.15) is 31.1 Å². The molecule has 21 heavy (non-hydrogen) atoms. The van der Waals surface area contributed by atoms with Gasteiger partial charge in [-0.25, -0.2) is 4.68 Å². The molecule has 0 saturated carbocycles. The molecule has 1 aromatic heterocycles. The predicted octanol–water partition coefficient (Wildman–Crippen LogP) is 3.17. The molecule has 2 heterocycles. The first-order valence-electron chi connectivity index (χ1n) is 7.26. The molecule has 1 aliphatic heterocycles. The third-order valence-electron chi connectivity index (χ3n) is 3.59. The van der Waals surface area contributed by atoms with Crippen LogP contribution >= 0.6 is 0 Å². The summed E-state index contributed by atoms with van der Waals surface area (Å²) in [6.45, 7) is 1.33. The van der Waals surface area contributed by atoms with E-state index in [1.807, 2.05) is 35.1 Å². The molecule has 1 unspecified atom stereocenters. The summed E-state index contributed by atoms with van der Waals surface area (Å²) in [4.78, 5) is 0. The second-order valence-electron chi connectivity index (χ2n) is 5.11. The molecular weight excluding hydrogens is 268 g/mol. The minimum absolute atomic E-state index is 0.0529. The maximum Gasteiger partial charge on any atom is 0.157 e. The summed E-state index contributed by atoms with van der Waals surface area (Å²) < 4.78 is 18.4. The Balaban J connectivity index is 1.56. The lowest BCUT2D eigenvalue weighted by Crippen LogP contribution is -2.18. The van der Waals surface area contributed by atoms with Crippen molar-refractivity contribution in [3.8, 4) is 11.5 Å². The highest BCUT2D eigenvalue weighted by atomic mass is 16.5. The third-order valence-corrected chi connectivity index (χ3v) is 3.59. The van der Waals surface area contributed by atoms with Gasteiger partial charge in [0.2, 0.25) is 0 Å². The summed E-state index contributed by atoms with van der Waals surface area (Å²) in [5.74, 6) is 1.61. The van der Waals surface area contributed by atoms with Crippen molar-refractivity contribution in [1.29, 1.82) is 0 Å². The number of nitrogens with zero attached hydrogens (tertiary/aromatic N) is 2. The van der Waals surface area contributed by atoms with Crippen LogP contribution in [0.5, 0.6) is 11.5 Å². The van der Waals surface area contributed by atoms with Crippen LogP contribution in [0.15, 0.2) is 36.7 Å². The Labute approximate surface area is 124 Å². The summed E-state index contributed by atoms with van der Waals surface area (Å²) in [6, 6.07) is 7.84. The summed E-state index contributed by atoms with van der Waals surface area (Å²) >= 11 is 0. The van der Waals surface area contributed by atoms with Gasteiger partial charge in [-0.3, -0.25) is 0 Å². The van der Waals surface area contributed by atoms with Gasteiger partial charge in [0.15, 0.2) is 5.75 Å². The van der Waals surface area contributed by atoms with Crippen LogP contribution in [0.2, 0.25) is 0 Å². The third kappa shape index (κ3) is 3.55. The van der Waals surface area contributed by atoms with Gasteiger partial charge in [0, 0.05) is 6.61 Å². The zero-order valence-corrected chi connectivity index (χ0v) is 12.2. The fourth-order valence-electron chi connectivity index (χ4n) is 2.37. The summed E-state index contributed by atoms with van der Waals surface area (Å²) in [5, 5.41) is 4.33. The smallest absolute Gasteiger partial charge is 0.157 e. The van der Waals surface area contributed by atoms with Crippen LogP contribution < -0.4 is 9.47 Å². The molecule has 0 bridgehead atoms. The van der Waals surface area contributed by atoms with Crippen molar-refractivity contribution in [2.24, 2.45) is 0 Å². The number of benzene rings is 1. The molecule has 1 aromatic carbocycles. The van der Waals surface area contributed by atoms with Gasteiger partial charge in [-0.05, 0) is 37.0 Å². The number of hydrogen-bond donors (Lipinski definition) is 0. The van der Waals surface area contributed by atoms with Gasteiger partial charge >= 0.3 is 0 Å². The topological polar surface area (TPSA) is 45.5 Å². The highest BCUT2D eigenvalue weighted by molar-refractivity contribution is 5.27. The van der Waals surface area contributed by atoms with Gasteiger partial charge < -0.3 is 14.2 Å². The molecule has 1 fully saturated rings. The first-order valence-corrected chi connectivity index (χ1v) is 7.26. The van der Waals surface area contributed by atoms with Gasteiger partial charge in [-0.2, -0.15) is 5.10 Å². The molecule has 112 valence electrons. The Bertz CT molecular complexity index is 559. The van der Waals surface area contributed by atoms with E-state index >= 15 is 0 Å². The maximum atomic E-state index is 5.76. The molecule has 5 heteroatoms.